The van der Waals surface area contributed by atoms with E-state index in [9.17, 15) is 4.79 Å². The molecule has 1 aliphatic heterocycles. The van der Waals surface area contributed by atoms with Crippen molar-refractivity contribution in [3.8, 4) is 11.5 Å². The summed E-state index contributed by atoms with van der Waals surface area (Å²) in [5.74, 6) is 3.11. The predicted molar refractivity (Wildman–Crippen MR) is 104 cm³/mol. The molecule has 2 atom stereocenters. The summed E-state index contributed by atoms with van der Waals surface area (Å²) in [6.07, 6.45) is 1.66. The van der Waals surface area contributed by atoms with Gasteiger partial charge in [-0.3, -0.25) is 4.79 Å². The first-order valence-electron chi connectivity index (χ1n) is 8.87. The third-order valence-corrected chi connectivity index (χ3v) is 5.61. The monoisotopic (exact) mass is 365 g/mol. The zero-order valence-electron chi connectivity index (χ0n) is 16.3. The van der Waals surface area contributed by atoms with Crippen LogP contribution in [0.4, 0.5) is 0 Å². The highest BCUT2D eigenvalue weighted by atomic mass is 32.2. The second kappa shape index (κ2) is 8.35. The first kappa shape index (κ1) is 20.0. The van der Waals surface area contributed by atoms with Crippen LogP contribution in [-0.4, -0.2) is 37.3 Å². The number of rotatable bonds is 6. The molecule has 1 heterocycles. The molecule has 1 aliphatic rings. The van der Waals surface area contributed by atoms with Crippen molar-refractivity contribution < 1.29 is 14.3 Å². The van der Waals surface area contributed by atoms with Crippen LogP contribution in [0, 0.1) is 11.3 Å². The minimum Gasteiger partial charge on any atom is -0.497 e. The molecule has 140 valence electrons. The maximum Gasteiger partial charge on any atom is 0.224 e. The van der Waals surface area contributed by atoms with E-state index in [1.165, 1.54) is 0 Å². The van der Waals surface area contributed by atoms with Crippen molar-refractivity contribution in [3.63, 3.8) is 0 Å². The van der Waals surface area contributed by atoms with Crippen LogP contribution in [0.1, 0.15) is 51.5 Å². The van der Waals surface area contributed by atoms with Gasteiger partial charge in [-0.05, 0) is 35.4 Å². The van der Waals surface area contributed by atoms with E-state index in [0.717, 1.165) is 35.8 Å². The Balaban J connectivity index is 2.13. The lowest BCUT2D eigenvalue weighted by Crippen LogP contribution is -2.32. The molecule has 1 aromatic carbocycles. The molecule has 0 aliphatic carbocycles. The number of carbonyl (C=O) groups is 1. The van der Waals surface area contributed by atoms with E-state index in [2.05, 4.69) is 27.7 Å². The van der Waals surface area contributed by atoms with Crippen LogP contribution in [0.15, 0.2) is 18.2 Å². The number of benzene rings is 1. The minimum absolute atomic E-state index is 0.0401. The molecule has 0 saturated carbocycles. The highest BCUT2D eigenvalue weighted by Crippen LogP contribution is 2.41. The average Bonchev–Trinajstić information content (AvgIpc) is 3.02. The van der Waals surface area contributed by atoms with Gasteiger partial charge in [-0.2, -0.15) is 0 Å². The summed E-state index contributed by atoms with van der Waals surface area (Å²) < 4.78 is 10.8. The van der Waals surface area contributed by atoms with Crippen LogP contribution in [0.3, 0.4) is 0 Å². The zero-order chi connectivity index (χ0) is 18.6. The van der Waals surface area contributed by atoms with Crippen LogP contribution in [0.5, 0.6) is 11.5 Å². The van der Waals surface area contributed by atoms with Crippen molar-refractivity contribution in [2.45, 2.75) is 45.9 Å². The maximum absolute atomic E-state index is 12.9. The molecule has 0 spiro atoms. The van der Waals surface area contributed by atoms with E-state index < -0.39 is 0 Å². The van der Waals surface area contributed by atoms with Crippen molar-refractivity contribution in [1.29, 1.82) is 0 Å². The van der Waals surface area contributed by atoms with E-state index in [0.29, 0.717) is 12.3 Å². The Morgan fingerprint density at radius 1 is 1.24 bits per heavy atom. The lowest BCUT2D eigenvalue weighted by Gasteiger charge is -2.28. The second-order valence-electron chi connectivity index (χ2n) is 8.03. The second-order valence-corrected chi connectivity index (χ2v) is 9.22. The predicted octanol–water partition coefficient (Wildman–Crippen LogP) is 4.74. The molecular formula is C20H31NO3S. The Bertz CT molecular complexity index is 575. The highest BCUT2D eigenvalue weighted by Gasteiger charge is 2.32. The van der Waals surface area contributed by atoms with Crippen LogP contribution in [0.25, 0.3) is 0 Å². The summed E-state index contributed by atoms with van der Waals surface area (Å²) in [7, 11) is 3.30. The molecule has 0 aromatic heterocycles. The van der Waals surface area contributed by atoms with Gasteiger partial charge in [-0.15, -0.1) is 11.8 Å². The number of hydrogen-bond donors (Lipinski definition) is 0. The number of amides is 1. The lowest BCUT2D eigenvalue weighted by molar-refractivity contribution is -0.132. The SMILES string of the molecule is COc1cc(OC)cc([C@@H]2SCCN2C(=O)C[C@@H](C)CC(C)(C)C)c1. The normalized spacial score (nSPS) is 19.0. The third kappa shape index (κ3) is 5.56. The number of methoxy groups -OCH3 is 2. The molecule has 1 fully saturated rings. The standard InChI is InChI=1S/C20H31NO3S/c1-14(13-20(2,3)4)9-18(22)21-7-8-25-19(21)15-10-16(23-5)12-17(11-15)24-6/h10-12,14,19H,7-9,13H2,1-6H3/t14-,19+/m1/s1. The molecular weight excluding hydrogens is 334 g/mol. The molecule has 1 saturated heterocycles. The van der Waals surface area contributed by atoms with E-state index in [-0.39, 0.29) is 16.7 Å². The first-order valence-corrected chi connectivity index (χ1v) is 9.92. The summed E-state index contributed by atoms with van der Waals surface area (Å²) in [5, 5.41) is 0.0401. The van der Waals surface area contributed by atoms with Crippen molar-refractivity contribution in [3.05, 3.63) is 23.8 Å². The van der Waals surface area contributed by atoms with Gasteiger partial charge in [0.15, 0.2) is 0 Å². The number of carbonyl (C=O) groups excluding carboxylic acids is 1. The number of thioether (sulfide) groups is 1. The van der Waals surface area contributed by atoms with E-state index in [1.807, 2.05) is 23.1 Å². The van der Waals surface area contributed by atoms with Gasteiger partial charge in [0.05, 0.1) is 14.2 Å². The van der Waals surface area contributed by atoms with Gasteiger partial charge in [-0.25, -0.2) is 0 Å². The summed E-state index contributed by atoms with van der Waals surface area (Å²) in [4.78, 5) is 14.9. The van der Waals surface area contributed by atoms with Gasteiger partial charge in [0, 0.05) is 24.8 Å². The Kier molecular flexibility index (Phi) is 6.66. The number of ether oxygens (including phenoxy) is 2. The molecule has 25 heavy (non-hydrogen) atoms. The molecule has 1 amide bonds. The largest absolute Gasteiger partial charge is 0.497 e. The average molecular weight is 366 g/mol. The number of hydrogen-bond acceptors (Lipinski definition) is 4. The number of nitrogens with zero attached hydrogens (tertiary/aromatic N) is 1. The lowest BCUT2D eigenvalue weighted by atomic mass is 9.84. The molecule has 5 heteroatoms. The van der Waals surface area contributed by atoms with Gasteiger partial charge in [-0.1, -0.05) is 27.7 Å². The maximum atomic E-state index is 12.9. The molecule has 0 bridgehead atoms. The van der Waals surface area contributed by atoms with E-state index in [4.69, 9.17) is 9.47 Å². The Labute approximate surface area is 156 Å². The topological polar surface area (TPSA) is 38.8 Å². The molecule has 2 rings (SSSR count). The Morgan fingerprint density at radius 3 is 2.36 bits per heavy atom. The van der Waals surface area contributed by atoms with E-state index >= 15 is 0 Å². The smallest absolute Gasteiger partial charge is 0.224 e. The van der Waals surface area contributed by atoms with Crippen LogP contribution in [0.2, 0.25) is 0 Å². The molecule has 1 aromatic rings. The van der Waals surface area contributed by atoms with Crippen molar-refractivity contribution in [2.75, 3.05) is 26.5 Å². The zero-order valence-corrected chi connectivity index (χ0v) is 17.1. The van der Waals surface area contributed by atoms with Crippen molar-refractivity contribution in [1.82, 2.24) is 4.90 Å². The molecule has 0 unspecified atom stereocenters. The summed E-state index contributed by atoms with van der Waals surface area (Å²) in [5.41, 5.74) is 1.31. The van der Waals surface area contributed by atoms with Gasteiger partial charge in [0.2, 0.25) is 5.91 Å². The van der Waals surface area contributed by atoms with Gasteiger partial charge in [0.25, 0.3) is 0 Å². The first-order chi connectivity index (χ1) is 11.7. The van der Waals surface area contributed by atoms with Crippen LogP contribution < -0.4 is 9.47 Å². The van der Waals surface area contributed by atoms with Gasteiger partial charge >= 0.3 is 0 Å². The van der Waals surface area contributed by atoms with Gasteiger partial charge in [0.1, 0.15) is 16.9 Å². The summed E-state index contributed by atoms with van der Waals surface area (Å²) >= 11 is 1.80. The molecule has 0 N–H and O–H groups in total. The Hall–Kier alpha value is -1.36. The molecule has 0 radical (unpaired) electrons. The van der Waals surface area contributed by atoms with Crippen LogP contribution in [-0.2, 0) is 4.79 Å². The fourth-order valence-electron chi connectivity index (χ4n) is 3.51. The van der Waals surface area contributed by atoms with Gasteiger partial charge < -0.3 is 14.4 Å². The minimum atomic E-state index is 0.0401. The summed E-state index contributed by atoms with van der Waals surface area (Å²) in [6, 6.07) is 5.87. The summed E-state index contributed by atoms with van der Waals surface area (Å²) in [6.45, 7) is 9.66. The highest BCUT2D eigenvalue weighted by molar-refractivity contribution is 7.99. The van der Waals surface area contributed by atoms with Crippen LogP contribution >= 0.6 is 11.8 Å². The third-order valence-electron chi connectivity index (χ3n) is 4.35. The quantitative estimate of drug-likeness (QED) is 0.730. The fraction of sp³-hybridized carbons (Fsp3) is 0.650. The van der Waals surface area contributed by atoms with Crippen molar-refractivity contribution in [2.24, 2.45) is 11.3 Å². The van der Waals surface area contributed by atoms with E-state index in [1.54, 1.807) is 26.0 Å². The fourth-order valence-corrected chi connectivity index (χ4v) is 4.76. The molecule has 4 nitrogen and oxygen atoms in total. The Morgan fingerprint density at radius 2 is 1.84 bits per heavy atom. The van der Waals surface area contributed by atoms with Crippen molar-refractivity contribution >= 4 is 17.7 Å².